The topological polar surface area (TPSA) is 55.3 Å². The van der Waals surface area contributed by atoms with Crippen molar-refractivity contribution in [3.63, 3.8) is 0 Å². The van der Waals surface area contributed by atoms with E-state index in [2.05, 4.69) is 51.3 Å². The van der Waals surface area contributed by atoms with E-state index >= 15 is 0 Å². The summed E-state index contributed by atoms with van der Waals surface area (Å²) >= 11 is 1.66. The Bertz CT molecular complexity index is 645. The second kappa shape index (κ2) is 6.85. The van der Waals surface area contributed by atoms with Gasteiger partial charge in [0.25, 0.3) is 0 Å². The van der Waals surface area contributed by atoms with Crippen LogP contribution in [0, 0.1) is 0 Å². The number of rotatable bonds is 7. The van der Waals surface area contributed by atoms with Crippen LogP contribution in [-0.2, 0) is 12.8 Å². The van der Waals surface area contributed by atoms with Crippen molar-refractivity contribution in [2.24, 2.45) is 5.84 Å². The van der Waals surface area contributed by atoms with E-state index in [1.807, 2.05) is 11.6 Å². The van der Waals surface area contributed by atoms with Crippen molar-refractivity contribution < 1.29 is 0 Å². The van der Waals surface area contributed by atoms with E-state index in [-0.39, 0.29) is 6.04 Å². The van der Waals surface area contributed by atoms with E-state index in [0.29, 0.717) is 0 Å². The summed E-state index contributed by atoms with van der Waals surface area (Å²) in [5, 5.41) is 2.05. The fourth-order valence-electron chi connectivity index (χ4n) is 2.57. The summed E-state index contributed by atoms with van der Waals surface area (Å²) in [5.74, 6) is 5.69. The summed E-state index contributed by atoms with van der Waals surface area (Å²) in [5.41, 5.74) is 5.41. The van der Waals surface area contributed by atoms with Crippen molar-refractivity contribution in [2.75, 3.05) is 0 Å². The molecule has 0 radical (unpaired) electrons. The number of fused-ring (bicyclic) bond motifs is 1. The second-order valence-electron chi connectivity index (χ2n) is 5.27. The molecular weight excluding hydrogens is 280 g/mol. The normalized spacial score (nSPS) is 12.8. The van der Waals surface area contributed by atoms with E-state index in [4.69, 9.17) is 5.84 Å². The van der Waals surface area contributed by atoms with Gasteiger partial charge in [-0.1, -0.05) is 30.3 Å². The Morgan fingerprint density at radius 2 is 2.14 bits per heavy atom. The number of aryl methyl sites for hydroxylation is 1. The van der Waals surface area contributed by atoms with Gasteiger partial charge in [-0.2, -0.15) is 0 Å². The van der Waals surface area contributed by atoms with Crippen LogP contribution < -0.4 is 11.3 Å². The Balaban J connectivity index is 1.52. The maximum atomic E-state index is 5.69. The summed E-state index contributed by atoms with van der Waals surface area (Å²) in [4.78, 5) is 5.66. The van der Waals surface area contributed by atoms with Crippen LogP contribution in [0.2, 0.25) is 0 Å². The number of nitrogens with one attached hydrogen (secondary N) is 1. The third-order valence-corrected chi connectivity index (χ3v) is 4.47. The van der Waals surface area contributed by atoms with E-state index in [0.717, 1.165) is 36.3 Å². The zero-order valence-electron chi connectivity index (χ0n) is 11.9. The van der Waals surface area contributed by atoms with Gasteiger partial charge < -0.3 is 0 Å². The van der Waals surface area contributed by atoms with Crippen LogP contribution in [0.25, 0.3) is 4.96 Å². The molecule has 4 nitrogen and oxygen atoms in total. The molecule has 0 bridgehead atoms. The Hall–Kier alpha value is -1.69. The standard InChI is InChI=1S/C16H20N4S/c17-19-14(8-4-7-13-5-2-1-3-6-13)11-15-12-20-9-10-21-16(20)18-15/h1-3,5-6,9-10,12,14,19H,4,7-8,11,17H2. The van der Waals surface area contributed by atoms with Crippen LogP contribution in [-0.4, -0.2) is 15.4 Å². The number of thiazole rings is 1. The third kappa shape index (κ3) is 3.69. The fraction of sp³-hybridized carbons (Fsp3) is 0.312. The number of aromatic nitrogens is 2. The van der Waals surface area contributed by atoms with Gasteiger partial charge in [-0.15, -0.1) is 11.3 Å². The first-order valence-corrected chi connectivity index (χ1v) is 8.14. The van der Waals surface area contributed by atoms with Gasteiger partial charge in [0.1, 0.15) is 0 Å². The molecule has 0 amide bonds. The van der Waals surface area contributed by atoms with Crippen molar-refractivity contribution in [1.82, 2.24) is 14.8 Å². The van der Waals surface area contributed by atoms with Crippen LogP contribution in [0.3, 0.4) is 0 Å². The molecule has 1 atom stereocenters. The maximum Gasteiger partial charge on any atom is 0.193 e. The van der Waals surface area contributed by atoms with Gasteiger partial charge >= 0.3 is 0 Å². The van der Waals surface area contributed by atoms with Gasteiger partial charge in [-0.25, -0.2) is 4.98 Å². The summed E-state index contributed by atoms with van der Waals surface area (Å²) < 4.78 is 2.07. The Kier molecular flexibility index (Phi) is 4.65. The molecule has 3 aromatic rings. The Labute approximate surface area is 128 Å². The number of hydrogen-bond acceptors (Lipinski definition) is 4. The molecule has 110 valence electrons. The zero-order chi connectivity index (χ0) is 14.5. The van der Waals surface area contributed by atoms with Crippen molar-refractivity contribution in [2.45, 2.75) is 31.7 Å². The minimum absolute atomic E-state index is 0.276. The number of nitrogens with two attached hydrogens (primary N) is 1. The molecule has 0 aliphatic heterocycles. The number of hydrogen-bond donors (Lipinski definition) is 2. The molecule has 3 rings (SSSR count). The lowest BCUT2D eigenvalue weighted by Crippen LogP contribution is -2.36. The molecule has 5 heteroatoms. The quantitative estimate of drug-likeness (QED) is 0.521. The van der Waals surface area contributed by atoms with Gasteiger partial charge in [0.2, 0.25) is 0 Å². The van der Waals surface area contributed by atoms with E-state index in [1.165, 1.54) is 5.56 Å². The number of imidazole rings is 1. The molecular formula is C16H20N4S. The monoisotopic (exact) mass is 300 g/mol. The molecule has 0 saturated heterocycles. The summed E-state index contributed by atoms with van der Waals surface area (Å²) in [7, 11) is 0. The van der Waals surface area contributed by atoms with Gasteiger partial charge in [0.05, 0.1) is 5.69 Å². The number of hydrazine groups is 1. The predicted molar refractivity (Wildman–Crippen MR) is 87.3 cm³/mol. The average Bonchev–Trinajstić information content (AvgIpc) is 3.08. The van der Waals surface area contributed by atoms with E-state index in [9.17, 15) is 0 Å². The van der Waals surface area contributed by atoms with Gasteiger partial charge in [0, 0.05) is 30.2 Å². The fourth-order valence-corrected chi connectivity index (χ4v) is 3.29. The average molecular weight is 300 g/mol. The lowest BCUT2D eigenvalue weighted by Gasteiger charge is -2.14. The Morgan fingerprint density at radius 1 is 1.29 bits per heavy atom. The minimum Gasteiger partial charge on any atom is -0.297 e. The van der Waals surface area contributed by atoms with Gasteiger partial charge in [-0.3, -0.25) is 15.7 Å². The second-order valence-corrected chi connectivity index (χ2v) is 6.14. The lowest BCUT2D eigenvalue weighted by atomic mass is 10.0. The molecule has 0 aliphatic carbocycles. The van der Waals surface area contributed by atoms with Gasteiger partial charge in [-0.05, 0) is 24.8 Å². The van der Waals surface area contributed by atoms with Crippen LogP contribution >= 0.6 is 11.3 Å². The summed E-state index contributed by atoms with van der Waals surface area (Å²) in [6.45, 7) is 0. The molecule has 0 aliphatic rings. The van der Waals surface area contributed by atoms with E-state index < -0.39 is 0 Å². The number of nitrogens with zero attached hydrogens (tertiary/aromatic N) is 2. The first kappa shape index (κ1) is 14.3. The highest BCUT2D eigenvalue weighted by Gasteiger charge is 2.11. The van der Waals surface area contributed by atoms with Crippen molar-refractivity contribution in [3.8, 4) is 0 Å². The molecule has 0 fully saturated rings. The zero-order valence-corrected chi connectivity index (χ0v) is 12.7. The molecule has 0 saturated carbocycles. The minimum atomic E-state index is 0.276. The highest BCUT2D eigenvalue weighted by atomic mass is 32.1. The summed E-state index contributed by atoms with van der Waals surface area (Å²) in [6.07, 6.45) is 8.28. The first-order chi connectivity index (χ1) is 10.3. The van der Waals surface area contributed by atoms with Crippen LogP contribution in [0.5, 0.6) is 0 Å². The lowest BCUT2D eigenvalue weighted by molar-refractivity contribution is 0.473. The Morgan fingerprint density at radius 3 is 2.90 bits per heavy atom. The highest BCUT2D eigenvalue weighted by Crippen LogP contribution is 2.14. The smallest absolute Gasteiger partial charge is 0.193 e. The van der Waals surface area contributed by atoms with Crippen molar-refractivity contribution >= 4 is 16.3 Å². The molecule has 2 aromatic heterocycles. The third-order valence-electron chi connectivity index (χ3n) is 3.70. The molecule has 1 aromatic carbocycles. The van der Waals surface area contributed by atoms with Gasteiger partial charge in [0.15, 0.2) is 4.96 Å². The van der Waals surface area contributed by atoms with Crippen LogP contribution in [0.4, 0.5) is 0 Å². The predicted octanol–water partition coefficient (Wildman–Crippen LogP) is 2.79. The molecule has 1 unspecified atom stereocenters. The maximum absolute atomic E-state index is 5.69. The van der Waals surface area contributed by atoms with E-state index in [1.54, 1.807) is 11.3 Å². The van der Waals surface area contributed by atoms with Crippen LogP contribution in [0.15, 0.2) is 48.1 Å². The SMILES string of the molecule is NNC(CCCc1ccccc1)Cc1cn2ccsc2n1. The molecule has 2 heterocycles. The number of benzene rings is 1. The highest BCUT2D eigenvalue weighted by molar-refractivity contribution is 7.15. The molecule has 21 heavy (non-hydrogen) atoms. The van der Waals surface area contributed by atoms with Crippen molar-refractivity contribution in [3.05, 3.63) is 59.4 Å². The molecule has 3 N–H and O–H groups in total. The first-order valence-electron chi connectivity index (χ1n) is 7.26. The summed E-state index contributed by atoms with van der Waals surface area (Å²) in [6, 6.07) is 10.9. The van der Waals surface area contributed by atoms with Crippen LogP contribution in [0.1, 0.15) is 24.1 Å². The largest absolute Gasteiger partial charge is 0.297 e. The van der Waals surface area contributed by atoms with Crippen molar-refractivity contribution in [1.29, 1.82) is 0 Å². The molecule has 0 spiro atoms.